The number of amides is 3. The zero-order valence-electron chi connectivity index (χ0n) is 19.9. The molecule has 0 saturated heterocycles. The van der Waals surface area contributed by atoms with Gasteiger partial charge in [0.15, 0.2) is 0 Å². The topological polar surface area (TPSA) is 171 Å². The van der Waals surface area contributed by atoms with Gasteiger partial charge in [-0.1, -0.05) is 39.8 Å². The molecular formula is C23H36N4O6S. The summed E-state index contributed by atoms with van der Waals surface area (Å²) in [6, 6.07) is 1.85. The average molecular weight is 497 g/mol. The Morgan fingerprint density at radius 3 is 1.85 bits per heavy atom. The molecule has 1 aromatic rings. The highest BCUT2D eigenvalue weighted by molar-refractivity contribution is 7.80. The zero-order chi connectivity index (χ0) is 26.0. The van der Waals surface area contributed by atoms with Gasteiger partial charge in [-0.25, -0.2) is 4.79 Å². The molecule has 0 aliphatic carbocycles. The number of aromatic hydroxyl groups is 1. The van der Waals surface area contributed by atoms with E-state index < -0.39 is 47.9 Å². The fraction of sp³-hybridized carbons (Fsp3) is 0.565. The lowest BCUT2D eigenvalue weighted by atomic mass is 10.00. The van der Waals surface area contributed by atoms with Crippen LogP contribution in [0, 0.1) is 11.8 Å². The van der Waals surface area contributed by atoms with Crippen molar-refractivity contribution in [2.45, 2.75) is 64.7 Å². The van der Waals surface area contributed by atoms with Crippen LogP contribution in [0.4, 0.5) is 0 Å². The van der Waals surface area contributed by atoms with Gasteiger partial charge in [-0.2, -0.15) is 12.6 Å². The summed E-state index contributed by atoms with van der Waals surface area (Å²) < 4.78 is 0. The molecule has 0 radical (unpaired) electrons. The lowest BCUT2D eigenvalue weighted by Crippen LogP contribution is -2.58. The predicted molar refractivity (Wildman–Crippen MR) is 131 cm³/mol. The first kappa shape index (κ1) is 29.2. The van der Waals surface area contributed by atoms with Gasteiger partial charge in [-0.3, -0.25) is 14.4 Å². The first-order valence-corrected chi connectivity index (χ1v) is 11.8. The van der Waals surface area contributed by atoms with Gasteiger partial charge < -0.3 is 31.9 Å². The van der Waals surface area contributed by atoms with Crippen molar-refractivity contribution >= 4 is 36.3 Å². The summed E-state index contributed by atoms with van der Waals surface area (Å²) in [5.41, 5.74) is 6.48. The minimum Gasteiger partial charge on any atom is -0.508 e. The quantitative estimate of drug-likeness (QED) is 0.194. The summed E-state index contributed by atoms with van der Waals surface area (Å²) in [6.07, 6.45) is 0.301. The van der Waals surface area contributed by atoms with E-state index >= 15 is 0 Å². The number of carbonyl (C=O) groups is 4. The van der Waals surface area contributed by atoms with Crippen LogP contribution in [-0.4, -0.2) is 63.8 Å². The molecule has 0 saturated carbocycles. The Balaban J connectivity index is 2.89. The lowest BCUT2D eigenvalue weighted by molar-refractivity contribution is -0.142. The van der Waals surface area contributed by atoms with E-state index in [2.05, 4.69) is 28.6 Å². The standard InChI is InChI=1S/C23H36N4O6S/c1-12(2)9-16(25-22(31)19(24)13(3)4)20(29)27-18(11-34)21(30)26-17(23(32)33)10-14-5-7-15(28)8-6-14/h5-8,12-13,16-19,28,34H,9-11,24H2,1-4H3,(H,25,31)(H,26,30)(H,27,29)(H,32,33). The van der Waals surface area contributed by atoms with E-state index in [1.165, 1.54) is 12.1 Å². The Morgan fingerprint density at radius 2 is 1.38 bits per heavy atom. The van der Waals surface area contributed by atoms with Crippen LogP contribution in [-0.2, 0) is 25.6 Å². The van der Waals surface area contributed by atoms with Gasteiger partial charge in [0.1, 0.15) is 23.9 Å². The second-order valence-electron chi connectivity index (χ2n) is 8.97. The van der Waals surface area contributed by atoms with Crippen molar-refractivity contribution in [3.63, 3.8) is 0 Å². The number of carbonyl (C=O) groups excluding carboxylic acids is 3. The third-order valence-corrected chi connectivity index (χ3v) is 5.53. The second kappa shape index (κ2) is 13.8. The number of nitrogens with two attached hydrogens (primary N) is 1. The normalized spacial score (nSPS) is 14.7. The number of carboxylic acids is 1. The third kappa shape index (κ3) is 9.60. The lowest BCUT2D eigenvalue weighted by Gasteiger charge is -2.26. The smallest absolute Gasteiger partial charge is 0.326 e. The van der Waals surface area contributed by atoms with E-state index in [0.717, 1.165) is 0 Å². The molecule has 3 amide bonds. The molecule has 0 aromatic heterocycles. The summed E-state index contributed by atoms with van der Waals surface area (Å²) in [6.45, 7) is 7.36. The first-order chi connectivity index (χ1) is 15.8. The molecule has 34 heavy (non-hydrogen) atoms. The number of nitrogens with one attached hydrogen (secondary N) is 3. The summed E-state index contributed by atoms with van der Waals surface area (Å²) in [5, 5.41) is 26.5. The molecule has 190 valence electrons. The van der Waals surface area contributed by atoms with Crippen molar-refractivity contribution in [3.8, 4) is 5.75 Å². The Morgan fingerprint density at radius 1 is 0.882 bits per heavy atom. The van der Waals surface area contributed by atoms with E-state index in [1.54, 1.807) is 26.0 Å². The Labute approximate surface area is 205 Å². The van der Waals surface area contributed by atoms with Gasteiger partial charge in [-0.15, -0.1) is 0 Å². The van der Waals surface area contributed by atoms with Crippen molar-refractivity contribution < 1.29 is 29.4 Å². The fourth-order valence-corrected chi connectivity index (χ4v) is 3.34. The zero-order valence-corrected chi connectivity index (χ0v) is 20.8. The SMILES string of the molecule is CC(C)CC(NC(=O)C(N)C(C)C)C(=O)NC(CS)C(=O)NC(Cc1ccc(O)cc1)C(=O)O. The van der Waals surface area contributed by atoms with Crippen LogP contribution in [0.15, 0.2) is 24.3 Å². The van der Waals surface area contributed by atoms with Gasteiger partial charge in [0.25, 0.3) is 0 Å². The van der Waals surface area contributed by atoms with E-state index in [0.29, 0.717) is 12.0 Å². The molecule has 7 N–H and O–H groups in total. The monoisotopic (exact) mass is 496 g/mol. The number of phenolic OH excluding ortho intramolecular Hbond substituents is 1. The highest BCUT2D eigenvalue weighted by atomic mass is 32.1. The number of aliphatic carboxylic acids is 1. The molecular weight excluding hydrogens is 460 g/mol. The molecule has 1 rings (SSSR count). The van der Waals surface area contributed by atoms with E-state index in [1.807, 2.05) is 13.8 Å². The van der Waals surface area contributed by atoms with E-state index in [4.69, 9.17) is 5.73 Å². The van der Waals surface area contributed by atoms with E-state index in [9.17, 15) is 29.4 Å². The third-order valence-electron chi connectivity index (χ3n) is 5.17. The summed E-state index contributed by atoms with van der Waals surface area (Å²) in [7, 11) is 0. The minimum absolute atomic E-state index is 0.0201. The fourth-order valence-electron chi connectivity index (χ4n) is 3.08. The Hall–Kier alpha value is -2.79. The maximum atomic E-state index is 12.9. The molecule has 0 aliphatic rings. The second-order valence-corrected chi connectivity index (χ2v) is 9.34. The van der Waals surface area contributed by atoms with Crippen LogP contribution in [0.5, 0.6) is 5.75 Å². The van der Waals surface area contributed by atoms with Crippen molar-refractivity contribution in [2.75, 3.05) is 5.75 Å². The molecule has 10 nitrogen and oxygen atoms in total. The first-order valence-electron chi connectivity index (χ1n) is 11.1. The van der Waals surface area contributed by atoms with Gasteiger partial charge in [-0.05, 0) is 36.0 Å². The van der Waals surface area contributed by atoms with Crippen LogP contribution in [0.25, 0.3) is 0 Å². The number of phenols is 1. The number of hydrogen-bond donors (Lipinski definition) is 7. The molecule has 4 atom stereocenters. The summed E-state index contributed by atoms with van der Waals surface area (Å²) in [4.78, 5) is 49.7. The van der Waals surface area contributed by atoms with E-state index in [-0.39, 0.29) is 29.8 Å². The molecule has 0 aliphatic heterocycles. The summed E-state index contributed by atoms with van der Waals surface area (Å²) >= 11 is 4.12. The van der Waals surface area contributed by atoms with Gasteiger partial charge in [0.2, 0.25) is 17.7 Å². The van der Waals surface area contributed by atoms with Crippen LogP contribution in [0.3, 0.4) is 0 Å². The Kier molecular flexibility index (Phi) is 11.9. The van der Waals surface area contributed by atoms with Crippen molar-refractivity contribution in [2.24, 2.45) is 17.6 Å². The molecule has 1 aromatic carbocycles. The van der Waals surface area contributed by atoms with Crippen molar-refractivity contribution in [1.82, 2.24) is 16.0 Å². The molecule has 0 heterocycles. The average Bonchev–Trinajstić information content (AvgIpc) is 2.76. The molecule has 0 spiro atoms. The maximum absolute atomic E-state index is 12.9. The maximum Gasteiger partial charge on any atom is 0.326 e. The molecule has 0 fully saturated rings. The number of benzene rings is 1. The largest absolute Gasteiger partial charge is 0.508 e. The molecule has 4 unspecified atom stereocenters. The highest BCUT2D eigenvalue weighted by Gasteiger charge is 2.30. The summed E-state index contributed by atoms with van der Waals surface area (Å²) in [5.74, 6) is -3.13. The molecule has 11 heteroatoms. The Bertz CT molecular complexity index is 846. The number of rotatable bonds is 13. The number of hydrogen-bond acceptors (Lipinski definition) is 7. The molecule has 0 bridgehead atoms. The van der Waals surface area contributed by atoms with Crippen LogP contribution in [0.1, 0.15) is 39.7 Å². The predicted octanol–water partition coefficient (Wildman–Crippen LogP) is 0.433. The van der Waals surface area contributed by atoms with Crippen LogP contribution in [0.2, 0.25) is 0 Å². The van der Waals surface area contributed by atoms with Gasteiger partial charge in [0.05, 0.1) is 6.04 Å². The minimum atomic E-state index is -1.26. The number of carboxylic acid groups (broad SMARTS) is 1. The van der Waals surface area contributed by atoms with Crippen molar-refractivity contribution in [3.05, 3.63) is 29.8 Å². The van der Waals surface area contributed by atoms with Gasteiger partial charge >= 0.3 is 5.97 Å². The van der Waals surface area contributed by atoms with Crippen LogP contribution >= 0.6 is 12.6 Å². The van der Waals surface area contributed by atoms with Crippen molar-refractivity contribution in [1.29, 1.82) is 0 Å². The van der Waals surface area contributed by atoms with Gasteiger partial charge in [0, 0.05) is 12.2 Å². The highest BCUT2D eigenvalue weighted by Crippen LogP contribution is 2.12. The number of thiol groups is 1. The van der Waals surface area contributed by atoms with Crippen LogP contribution < -0.4 is 21.7 Å².